The highest BCUT2D eigenvalue weighted by Gasteiger charge is 2.17. The summed E-state index contributed by atoms with van der Waals surface area (Å²) in [6, 6.07) is 19.6. The Morgan fingerprint density at radius 2 is 1.57 bits per heavy atom. The molecule has 0 heterocycles. The Hall–Kier alpha value is -4.11. The number of nitriles is 1. The molecule has 5 nitrogen and oxygen atoms in total. The van der Waals surface area contributed by atoms with Crippen LogP contribution in [-0.2, 0) is 0 Å². The second-order valence-electron chi connectivity index (χ2n) is 6.15. The lowest BCUT2D eigenvalue weighted by molar-refractivity contribution is 0.0726. The SMILES string of the molecule is COc1cc(/C=C(/C#N)c2ccccc2F)ccc1OC(=O)c1ccccc1OC. The van der Waals surface area contributed by atoms with Gasteiger partial charge in [0.1, 0.15) is 17.1 Å². The molecule has 3 aromatic rings. The number of benzene rings is 3. The average molecular weight is 403 g/mol. The zero-order chi connectivity index (χ0) is 21.5. The van der Waals surface area contributed by atoms with Crippen LogP contribution in [0.5, 0.6) is 17.2 Å². The van der Waals surface area contributed by atoms with Crippen molar-refractivity contribution in [2.75, 3.05) is 14.2 Å². The van der Waals surface area contributed by atoms with Gasteiger partial charge < -0.3 is 14.2 Å². The number of carbonyl (C=O) groups is 1. The van der Waals surface area contributed by atoms with E-state index in [4.69, 9.17) is 14.2 Å². The zero-order valence-electron chi connectivity index (χ0n) is 16.4. The van der Waals surface area contributed by atoms with E-state index in [1.165, 1.54) is 32.4 Å². The molecule has 0 aromatic heterocycles. The fourth-order valence-corrected chi connectivity index (χ4v) is 2.84. The van der Waals surface area contributed by atoms with Crippen LogP contribution in [0.4, 0.5) is 4.39 Å². The number of esters is 1. The van der Waals surface area contributed by atoms with Crippen molar-refractivity contribution in [2.24, 2.45) is 0 Å². The Bertz CT molecular complexity index is 1150. The van der Waals surface area contributed by atoms with Crippen molar-refractivity contribution in [3.05, 3.63) is 89.2 Å². The summed E-state index contributed by atoms with van der Waals surface area (Å²) in [6.07, 6.45) is 1.53. The van der Waals surface area contributed by atoms with Crippen molar-refractivity contribution in [1.29, 1.82) is 5.26 Å². The third-order valence-corrected chi connectivity index (χ3v) is 4.31. The highest BCUT2D eigenvalue weighted by Crippen LogP contribution is 2.31. The summed E-state index contributed by atoms with van der Waals surface area (Å²) in [4.78, 5) is 12.5. The molecular weight excluding hydrogens is 385 g/mol. The summed E-state index contributed by atoms with van der Waals surface area (Å²) >= 11 is 0. The lowest BCUT2D eigenvalue weighted by Gasteiger charge is -2.12. The molecule has 0 radical (unpaired) electrons. The van der Waals surface area contributed by atoms with Crippen molar-refractivity contribution >= 4 is 17.6 Å². The second-order valence-corrected chi connectivity index (χ2v) is 6.15. The van der Waals surface area contributed by atoms with Crippen LogP contribution in [0.2, 0.25) is 0 Å². The summed E-state index contributed by atoms with van der Waals surface area (Å²) in [5.74, 6) is -0.199. The topological polar surface area (TPSA) is 68.5 Å². The molecule has 0 fully saturated rings. The number of ether oxygens (including phenoxy) is 3. The molecule has 0 saturated heterocycles. The van der Waals surface area contributed by atoms with Gasteiger partial charge in [0, 0.05) is 5.56 Å². The van der Waals surface area contributed by atoms with E-state index >= 15 is 0 Å². The number of hydrogen-bond acceptors (Lipinski definition) is 5. The van der Waals surface area contributed by atoms with E-state index in [0.29, 0.717) is 11.3 Å². The summed E-state index contributed by atoms with van der Waals surface area (Å²) in [6.45, 7) is 0. The molecule has 0 amide bonds. The van der Waals surface area contributed by atoms with E-state index < -0.39 is 11.8 Å². The van der Waals surface area contributed by atoms with Crippen LogP contribution in [0.25, 0.3) is 11.6 Å². The maximum Gasteiger partial charge on any atom is 0.347 e. The van der Waals surface area contributed by atoms with E-state index in [0.717, 1.165) is 0 Å². The van der Waals surface area contributed by atoms with Gasteiger partial charge in [-0.1, -0.05) is 36.4 Å². The van der Waals surface area contributed by atoms with E-state index in [-0.39, 0.29) is 28.2 Å². The minimum absolute atomic E-state index is 0.161. The number of allylic oxidation sites excluding steroid dienone is 1. The van der Waals surface area contributed by atoms with Crippen molar-refractivity contribution in [3.8, 4) is 23.3 Å². The van der Waals surface area contributed by atoms with Gasteiger partial charge in [0.15, 0.2) is 11.5 Å². The van der Waals surface area contributed by atoms with Gasteiger partial charge in [-0.3, -0.25) is 0 Å². The largest absolute Gasteiger partial charge is 0.496 e. The number of hydrogen-bond donors (Lipinski definition) is 0. The molecule has 0 spiro atoms. The van der Waals surface area contributed by atoms with Crippen molar-refractivity contribution in [2.45, 2.75) is 0 Å². The minimum Gasteiger partial charge on any atom is -0.496 e. The maximum absolute atomic E-state index is 14.0. The molecule has 3 rings (SSSR count). The van der Waals surface area contributed by atoms with Crippen LogP contribution in [0.1, 0.15) is 21.5 Å². The molecule has 6 heteroatoms. The van der Waals surface area contributed by atoms with Gasteiger partial charge in [-0.15, -0.1) is 0 Å². The molecule has 0 bridgehead atoms. The molecular formula is C24H18FNO4. The molecule has 0 saturated carbocycles. The van der Waals surface area contributed by atoms with Crippen molar-refractivity contribution in [3.63, 3.8) is 0 Å². The molecule has 0 N–H and O–H groups in total. The molecule has 150 valence electrons. The summed E-state index contributed by atoms with van der Waals surface area (Å²) in [5, 5.41) is 9.44. The van der Waals surface area contributed by atoms with Crippen LogP contribution in [0.3, 0.4) is 0 Å². The van der Waals surface area contributed by atoms with Crippen LogP contribution in [0, 0.1) is 17.1 Å². The van der Waals surface area contributed by atoms with Gasteiger partial charge in [-0.05, 0) is 42.0 Å². The molecule has 0 aliphatic rings. The first-order valence-electron chi connectivity index (χ1n) is 8.97. The number of carbonyl (C=O) groups excluding carboxylic acids is 1. The minimum atomic E-state index is -0.599. The molecule has 0 unspecified atom stereocenters. The van der Waals surface area contributed by atoms with Crippen LogP contribution in [0.15, 0.2) is 66.7 Å². The fourth-order valence-electron chi connectivity index (χ4n) is 2.84. The first kappa shape index (κ1) is 20.6. The summed E-state index contributed by atoms with van der Waals surface area (Å²) in [7, 11) is 2.90. The van der Waals surface area contributed by atoms with Gasteiger partial charge in [-0.2, -0.15) is 5.26 Å². The summed E-state index contributed by atoms with van der Waals surface area (Å²) < 4.78 is 30.0. The fraction of sp³-hybridized carbons (Fsp3) is 0.0833. The second kappa shape index (κ2) is 9.39. The quantitative estimate of drug-likeness (QED) is 0.247. The molecule has 0 aliphatic carbocycles. The molecule has 30 heavy (non-hydrogen) atoms. The van der Waals surface area contributed by atoms with E-state index in [1.54, 1.807) is 54.6 Å². The Morgan fingerprint density at radius 1 is 0.900 bits per heavy atom. The average Bonchev–Trinajstić information content (AvgIpc) is 2.78. The first-order valence-corrected chi connectivity index (χ1v) is 8.97. The van der Waals surface area contributed by atoms with E-state index in [1.807, 2.05) is 6.07 Å². The van der Waals surface area contributed by atoms with Gasteiger partial charge in [-0.25, -0.2) is 9.18 Å². The number of halogens is 1. The number of methoxy groups -OCH3 is 2. The van der Waals surface area contributed by atoms with Crippen LogP contribution >= 0.6 is 0 Å². The standard InChI is InChI=1S/C24H18FNO4/c1-28-21-10-6-4-8-19(21)24(27)30-22-12-11-16(14-23(22)29-2)13-17(15-26)18-7-3-5-9-20(18)25/h3-14H,1-2H3/b17-13-. The van der Waals surface area contributed by atoms with E-state index in [9.17, 15) is 14.4 Å². The van der Waals surface area contributed by atoms with Crippen LogP contribution in [-0.4, -0.2) is 20.2 Å². The van der Waals surface area contributed by atoms with Crippen molar-refractivity contribution < 1.29 is 23.4 Å². The third-order valence-electron chi connectivity index (χ3n) is 4.31. The van der Waals surface area contributed by atoms with Gasteiger partial charge in [0.25, 0.3) is 0 Å². The predicted molar refractivity (Wildman–Crippen MR) is 111 cm³/mol. The monoisotopic (exact) mass is 403 g/mol. The molecule has 3 aromatic carbocycles. The van der Waals surface area contributed by atoms with Gasteiger partial charge in [0.2, 0.25) is 0 Å². The number of rotatable bonds is 6. The zero-order valence-corrected chi connectivity index (χ0v) is 16.4. The van der Waals surface area contributed by atoms with Crippen molar-refractivity contribution in [1.82, 2.24) is 0 Å². The third kappa shape index (κ3) is 4.47. The smallest absolute Gasteiger partial charge is 0.347 e. The Labute approximate surface area is 173 Å². The lowest BCUT2D eigenvalue weighted by atomic mass is 10.0. The van der Waals surface area contributed by atoms with Gasteiger partial charge in [0.05, 0.1) is 25.9 Å². The first-order chi connectivity index (χ1) is 14.6. The molecule has 0 aliphatic heterocycles. The van der Waals surface area contributed by atoms with E-state index in [2.05, 4.69) is 0 Å². The Kier molecular flexibility index (Phi) is 6.46. The van der Waals surface area contributed by atoms with Crippen LogP contribution < -0.4 is 14.2 Å². The molecule has 0 atom stereocenters. The Morgan fingerprint density at radius 3 is 2.23 bits per heavy atom. The maximum atomic E-state index is 14.0. The normalized spacial score (nSPS) is 10.8. The predicted octanol–water partition coefficient (Wildman–Crippen LogP) is 5.13. The highest BCUT2D eigenvalue weighted by molar-refractivity contribution is 5.94. The summed E-state index contributed by atoms with van der Waals surface area (Å²) in [5.41, 5.74) is 1.22. The Balaban J connectivity index is 1.91. The number of para-hydroxylation sites is 1. The lowest BCUT2D eigenvalue weighted by Crippen LogP contribution is -2.10. The highest BCUT2D eigenvalue weighted by atomic mass is 19.1. The number of nitrogens with zero attached hydrogens (tertiary/aromatic N) is 1. The van der Waals surface area contributed by atoms with Gasteiger partial charge >= 0.3 is 5.97 Å².